The monoisotopic (exact) mass is 279 g/mol. The maximum absolute atomic E-state index is 9.38. The van der Waals surface area contributed by atoms with E-state index < -0.39 is 0 Å². The minimum absolute atomic E-state index is 0.251. The number of phenolic OH excluding ortho intramolecular Hbond substituents is 1. The van der Waals surface area contributed by atoms with E-state index in [1.54, 1.807) is 12.1 Å². The normalized spacial score (nSPS) is 10.8. The SMILES string of the molecule is CN(c1ccc(O)cc1)c1cc(CN)c2ccccc2n1. The number of hydrogen-bond donors (Lipinski definition) is 2. The molecule has 0 aliphatic carbocycles. The van der Waals surface area contributed by atoms with Crippen molar-refractivity contribution in [1.82, 2.24) is 4.98 Å². The Morgan fingerprint density at radius 2 is 1.81 bits per heavy atom. The summed E-state index contributed by atoms with van der Waals surface area (Å²) in [7, 11) is 1.95. The summed E-state index contributed by atoms with van der Waals surface area (Å²) in [5, 5.41) is 10.5. The number of aromatic hydroxyl groups is 1. The van der Waals surface area contributed by atoms with Gasteiger partial charge in [-0.15, -0.1) is 0 Å². The molecule has 1 heterocycles. The lowest BCUT2D eigenvalue weighted by Gasteiger charge is -2.20. The van der Waals surface area contributed by atoms with E-state index in [9.17, 15) is 5.11 Å². The number of anilines is 2. The quantitative estimate of drug-likeness (QED) is 0.773. The summed E-state index contributed by atoms with van der Waals surface area (Å²) in [4.78, 5) is 6.67. The number of nitrogens with zero attached hydrogens (tertiary/aromatic N) is 2. The molecule has 0 aliphatic heterocycles. The summed E-state index contributed by atoms with van der Waals surface area (Å²) in [6.45, 7) is 0.472. The first kappa shape index (κ1) is 13.4. The fourth-order valence-corrected chi connectivity index (χ4v) is 2.38. The Kier molecular flexibility index (Phi) is 3.46. The molecule has 0 bridgehead atoms. The Morgan fingerprint density at radius 3 is 2.52 bits per heavy atom. The molecule has 21 heavy (non-hydrogen) atoms. The zero-order valence-electron chi connectivity index (χ0n) is 11.8. The highest BCUT2D eigenvalue weighted by atomic mass is 16.3. The van der Waals surface area contributed by atoms with Gasteiger partial charge in [0.2, 0.25) is 0 Å². The lowest BCUT2D eigenvalue weighted by Crippen LogP contribution is -2.12. The molecule has 0 radical (unpaired) electrons. The minimum atomic E-state index is 0.251. The standard InChI is InChI=1S/C17H17N3O/c1-20(13-6-8-14(21)9-7-13)17-10-12(11-18)15-4-2-3-5-16(15)19-17/h2-10,21H,11,18H2,1H3. The number of para-hydroxylation sites is 1. The topological polar surface area (TPSA) is 62.4 Å². The van der Waals surface area contributed by atoms with Gasteiger partial charge in [0.1, 0.15) is 11.6 Å². The summed E-state index contributed by atoms with van der Waals surface area (Å²) in [6, 6.07) is 17.0. The Bertz CT molecular complexity index is 769. The van der Waals surface area contributed by atoms with Crippen molar-refractivity contribution < 1.29 is 5.11 Å². The molecule has 0 aliphatic rings. The van der Waals surface area contributed by atoms with E-state index >= 15 is 0 Å². The lowest BCUT2D eigenvalue weighted by molar-refractivity contribution is 0.475. The first-order valence-electron chi connectivity index (χ1n) is 6.80. The van der Waals surface area contributed by atoms with Crippen molar-refractivity contribution in [2.24, 2.45) is 5.73 Å². The number of phenols is 1. The van der Waals surface area contributed by atoms with E-state index in [0.29, 0.717) is 6.54 Å². The smallest absolute Gasteiger partial charge is 0.133 e. The fourth-order valence-electron chi connectivity index (χ4n) is 2.38. The predicted molar refractivity (Wildman–Crippen MR) is 85.8 cm³/mol. The van der Waals surface area contributed by atoms with Crippen LogP contribution in [0.5, 0.6) is 5.75 Å². The van der Waals surface area contributed by atoms with E-state index in [-0.39, 0.29) is 5.75 Å². The zero-order valence-corrected chi connectivity index (χ0v) is 11.8. The maximum Gasteiger partial charge on any atom is 0.133 e. The molecule has 4 heteroatoms. The maximum atomic E-state index is 9.38. The predicted octanol–water partition coefficient (Wildman–Crippen LogP) is 3.17. The summed E-state index contributed by atoms with van der Waals surface area (Å²) in [5.74, 6) is 1.08. The fraction of sp³-hybridized carbons (Fsp3) is 0.118. The second kappa shape index (κ2) is 5.42. The van der Waals surface area contributed by atoms with Crippen molar-refractivity contribution in [3.05, 3.63) is 60.2 Å². The van der Waals surface area contributed by atoms with Gasteiger partial charge in [0.15, 0.2) is 0 Å². The summed E-state index contributed by atoms with van der Waals surface area (Å²) >= 11 is 0. The highest BCUT2D eigenvalue weighted by Gasteiger charge is 2.09. The molecule has 3 aromatic rings. The van der Waals surface area contributed by atoms with Crippen LogP contribution in [0.1, 0.15) is 5.56 Å². The molecule has 4 nitrogen and oxygen atoms in total. The highest BCUT2D eigenvalue weighted by Crippen LogP contribution is 2.27. The largest absolute Gasteiger partial charge is 0.508 e. The van der Waals surface area contributed by atoms with Crippen molar-refractivity contribution >= 4 is 22.4 Å². The third-order valence-corrected chi connectivity index (χ3v) is 3.59. The molecule has 0 unspecified atom stereocenters. The van der Waals surface area contributed by atoms with Gasteiger partial charge in [-0.3, -0.25) is 0 Å². The molecule has 2 aromatic carbocycles. The van der Waals surface area contributed by atoms with Gasteiger partial charge in [0.25, 0.3) is 0 Å². The molecule has 0 spiro atoms. The molecule has 3 rings (SSSR count). The van der Waals surface area contributed by atoms with Gasteiger partial charge in [-0.1, -0.05) is 18.2 Å². The van der Waals surface area contributed by atoms with E-state index in [4.69, 9.17) is 10.7 Å². The number of aromatic nitrogens is 1. The Balaban J connectivity index is 2.09. The van der Waals surface area contributed by atoms with Crippen LogP contribution in [0.4, 0.5) is 11.5 Å². The molecule has 0 atom stereocenters. The van der Waals surface area contributed by atoms with Crippen molar-refractivity contribution in [3.8, 4) is 5.75 Å². The van der Waals surface area contributed by atoms with Crippen LogP contribution in [0.3, 0.4) is 0 Å². The second-order valence-electron chi connectivity index (χ2n) is 4.94. The first-order valence-corrected chi connectivity index (χ1v) is 6.80. The Hall–Kier alpha value is -2.59. The van der Waals surface area contributed by atoms with Crippen LogP contribution in [0, 0.1) is 0 Å². The number of benzene rings is 2. The van der Waals surface area contributed by atoms with Crippen molar-refractivity contribution in [3.63, 3.8) is 0 Å². The molecule has 0 fully saturated rings. The molecular weight excluding hydrogens is 262 g/mol. The Morgan fingerprint density at radius 1 is 1.10 bits per heavy atom. The van der Waals surface area contributed by atoms with Gasteiger partial charge in [-0.2, -0.15) is 0 Å². The lowest BCUT2D eigenvalue weighted by atomic mass is 10.1. The number of hydrogen-bond acceptors (Lipinski definition) is 4. The Labute approximate surface area is 123 Å². The van der Waals surface area contributed by atoms with Crippen LogP contribution >= 0.6 is 0 Å². The minimum Gasteiger partial charge on any atom is -0.508 e. The van der Waals surface area contributed by atoms with Gasteiger partial charge in [0, 0.05) is 24.7 Å². The second-order valence-corrected chi connectivity index (χ2v) is 4.94. The van der Waals surface area contributed by atoms with E-state index in [1.807, 2.05) is 54.4 Å². The summed E-state index contributed by atoms with van der Waals surface area (Å²) < 4.78 is 0. The van der Waals surface area contributed by atoms with Crippen molar-refractivity contribution in [2.75, 3.05) is 11.9 Å². The van der Waals surface area contributed by atoms with Crippen LogP contribution in [0.2, 0.25) is 0 Å². The molecule has 106 valence electrons. The molecular formula is C17H17N3O. The van der Waals surface area contributed by atoms with E-state index in [0.717, 1.165) is 28.0 Å². The van der Waals surface area contributed by atoms with E-state index in [1.165, 1.54) is 0 Å². The number of fused-ring (bicyclic) bond motifs is 1. The molecule has 0 saturated carbocycles. The number of rotatable bonds is 3. The van der Waals surface area contributed by atoms with Crippen LogP contribution in [0.15, 0.2) is 54.6 Å². The van der Waals surface area contributed by atoms with Crippen LogP contribution < -0.4 is 10.6 Å². The van der Waals surface area contributed by atoms with Crippen LogP contribution in [-0.2, 0) is 6.54 Å². The zero-order chi connectivity index (χ0) is 14.8. The van der Waals surface area contributed by atoms with Gasteiger partial charge < -0.3 is 15.7 Å². The molecule has 0 saturated heterocycles. The van der Waals surface area contributed by atoms with Gasteiger partial charge in [-0.05, 0) is 42.0 Å². The van der Waals surface area contributed by atoms with Crippen LogP contribution in [0.25, 0.3) is 10.9 Å². The number of pyridine rings is 1. The van der Waals surface area contributed by atoms with Crippen molar-refractivity contribution in [1.29, 1.82) is 0 Å². The highest BCUT2D eigenvalue weighted by molar-refractivity contribution is 5.84. The molecule has 1 aromatic heterocycles. The average Bonchev–Trinajstić information content (AvgIpc) is 2.53. The van der Waals surface area contributed by atoms with E-state index in [2.05, 4.69) is 0 Å². The third kappa shape index (κ3) is 2.53. The summed E-state index contributed by atoms with van der Waals surface area (Å²) in [5.41, 5.74) is 8.82. The average molecular weight is 279 g/mol. The summed E-state index contributed by atoms with van der Waals surface area (Å²) in [6.07, 6.45) is 0. The molecule has 3 N–H and O–H groups in total. The van der Waals surface area contributed by atoms with Gasteiger partial charge >= 0.3 is 0 Å². The molecule has 0 amide bonds. The van der Waals surface area contributed by atoms with Crippen LogP contribution in [-0.4, -0.2) is 17.1 Å². The first-order chi connectivity index (χ1) is 10.2. The van der Waals surface area contributed by atoms with Gasteiger partial charge in [-0.25, -0.2) is 4.98 Å². The van der Waals surface area contributed by atoms with Gasteiger partial charge in [0.05, 0.1) is 5.52 Å². The van der Waals surface area contributed by atoms with Crippen molar-refractivity contribution in [2.45, 2.75) is 6.54 Å². The third-order valence-electron chi connectivity index (χ3n) is 3.59. The number of nitrogens with two attached hydrogens (primary N) is 1.